The fourth-order valence-corrected chi connectivity index (χ4v) is 3.00. The normalized spacial score (nSPS) is 30.6. The quantitative estimate of drug-likeness (QED) is 0.834. The monoisotopic (exact) mass is 262 g/mol. The van der Waals surface area contributed by atoms with Gasteiger partial charge >= 0.3 is 0 Å². The van der Waals surface area contributed by atoms with Crippen LogP contribution in [0.1, 0.15) is 30.3 Å². The van der Waals surface area contributed by atoms with E-state index in [0.717, 1.165) is 12.8 Å². The molecule has 0 aromatic carbocycles. The predicted molar refractivity (Wildman–Crippen MR) is 68.6 cm³/mol. The molecular weight excluding hydrogens is 244 g/mol. The van der Waals surface area contributed by atoms with Crippen LogP contribution in [0.2, 0.25) is 0 Å². The molecule has 1 aliphatic carbocycles. The van der Waals surface area contributed by atoms with Crippen molar-refractivity contribution in [1.82, 2.24) is 9.88 Å². The van der Waals surface area contributed by atoms with E-state index in [-0.39, 0.29) is 23.3 Å². The average molecular weight is 262 g/mol. The Hall–Kier alpha value is -1.62. The van der Waals surface area contributed by atoms with Crippen LogP contribution in [-0.2, 0) is 0 Å². The number of aliphatic hydroxyl groups is 1. The van der Waals surface area contributed by atoms with E-state index in [1.807, 2.05) is 6.92 Å². The van der Waals surface area contributed by atoms with Gasteiger partial charge in [0.15, 0.2) is 5.69 Å². The number of carbonyl (C=O) groups excluding carboxylic acids is 1. The minimum atomic E-state index is -0.764. The standard InChI is InChI=1S/C14H18N2O3/c1-9-7-16(8-14(9,19)10-4-5-10)13(18)12-11(17)3-2-6-15-12/h2-3,6,9-10,17,19H,4-5,7-8H2,1H3/t9-,14+/m1/s1. The fraction of sp³-hybridized carbons (Fsp3) is 0.571. The Labute approximate surface area is 111 Å². The molecule has 0 radical (unpaired) electrons. The molecule has 1 saturated carbocycles. The van der Waals surface area contributed by atoms with Crippen LogP contribution in [0, 0.1) is 11.8 Å². The Balaban J connectivity index is 1.81. The fourth-order valence-electron chi connectivity index (χ4n) is 3.00. The van der Waals surface area contributed by atoms with Crippen LogP contribution in [0.4, 0.5) is 0 Å². The number of hydrogen-bond donors (Lipinski definition) is 2. The zero-order chi connectivity index (χ0) is 13.6. The second-order valence-electron chi connectivity index (χ2n) is 5.72. The number of aromatic hydroxyl groups is 1. The van der Waals surface area contributed by atoms with Crippen LogP contribution in [0.3, 0.4) is 0 Å². The van der Waals surface area contributed by atoms with E-state index in [0.29, 0.717) is 19.0 Å². The molecule has 2 fully saturated rings. The van der Waals surface area contributed by atoms with Crippen molar-refractivity contribution in [3.8, 4) is 5.75 Å². The molecule has 0 unspecified atom stereocenters. The highest BCUT2D eigenvalue weighted by atomic mass is 16.3. The van der Waals surface area contributed by atoms with Gasteiger partial charge in [-0.25, -0.2) is 4.98 Å². The second-order valence-corrected chi connectivity index (χ2v) is 5.72. The number of β-amino-alcohol motifs (C(OH)–C–C–N with tert-alkyl or cyclic N) is 1. The first-order valence-electron chi connectivity index (χ1n) is 6.68. The van der Waals surface area contributed by atoms with Crippen molar-refractivity contribution in [2.45, 2.75) is 25.4 Å². The molecule has 19 heavy (non-hydrogen) atoms. The van der Waals surface area contributed by atoms with Gasteiger partial charge in [0.1, 0.15) is 5.75 Å². The third-order valence-electron chi connectivity index (χ3n) is 4.35. The van der Waals surface area contributed by atoms with Crippen LogP contribution in [-0.4, -0.2) is 44.7 Å². The zero-order valence-electron chi connectivity index (χ0n) is 10.9. The van der Waals surface area contributed by atoms with E-state index >= 15 is 0 Å². The summed E-state index contributed by atoms with van der Waals surface area (Å²) >= 11 is 0. The molecule has 0 spiro atoms. The van der Waals surface area contributed by atoms with Crippen LogP contribution >= 0.6 is 0 Å². The SMILES string of the molecule is C[C@@H]1CN(C(=O)c2ncccc2O)C[C@@]1(O)C1CC1. The first kappa shape index (κ1) is 12.4. The third kappa shape index (κ3) is 1.98. The highest BCUT2D eigenvalue weighted by Crippen LogP contribution is 2.47. The lowest BCUT2D eigenvalue weighted by Gasteiger charge is -2.26. The van der Waals surface area contributed by atoms with Crippen molar-refractivity contribution >= 4 is 5.91 Å². The zero-order valence-corrected chi connectivity index (χ0v) is 10.9. The molecule has 1 aromatic rings. The lowest BCUT2D eigenvalue weighted by atomic mass is 9.88. The number of likely N-dealkylation sites (tertiary alicyclic amines) is 1. The number of nitrogens with zero attached hydrogens (tertiary/aromatic N) is 2. The maximum absolute atomic E-state index is 12.3. The van der Waals surface area contributed by atoms with Gasteiger partial charge in [-0.1, -0.05) is 6.92 Å². The maximum Gasteiger partial charge on any atom is 0.276 e. The van der Waals surface area contributed by atoms with E-state index < -0.39 is 5.60 Å². The molecule has 5 heteroatoms. The first-order chi connectivity index (χ1) is 9.02. The van der Waals surface area contributed by atoms with Crippen molar-refractivity contribution in [1.29, 1.82) is 0 Å². The number of rotatable bonds is 2. The Morgan fingerprint density at radius 1 is 1.53 bits per heavy atom. The average Bonchev–Trinajstić information content (AvgIpc) is 3.18. The molecule has 1 aromatic heterocycles. The third-order valence-corrected chi connectivity index (χ3v) is 4.35. The van der Waals surface area contributed by atoms with Gasteiger partial charge in [0.05, 0.1) is 12.1 Å². The summed E-state index contributed by atoms with van der Waals surface area (Å²) < 4.78 is 0. The molecule has 2 heterocycles. The molecule has 2 aliphatic rings. The summed E-state index contributed by atoms with van der Waals surface area (Å²) in [5, 5.41) is 20.3. The molecular formula is C14H18N2O3. The Morgan fingerprint density at radius 2 is 2.26 bits per heavy atom. The molecule has 0 bridgehead atoms. The molecule has 1 aliphatic heterocycles. The lowest BCUT2D eigenvalue weighted by molar-refractivity contribution is -0.00369. The van der Waals surface area contributed by atoms with Crippen LogP contribution in [0.5, 0.6) is 5.75 Å². The topological polar surface area (TPSA) is 73.7 Å². The Kier molecular flexibility index (Phi) is 2.74. The van der Waals surface area contributed by atoms with Crippen molar-refractivity contribution in [3.63, 3.8) is 0 Å². The van der Waals surface area contributed by atoms with Gasteiger partial charge in [-0.2, -0.15) is 0 Å². The van der Waals surface area contributed by atoms with Crippen LogP contribution in [0.25, 0.3) is 0 Å². The van der Waals surface area contributed by atoms with Crippen molar-refractivity contribution in [2.75, 3.05) is 13.1 Å². The van der Waals surface area contributed by atoms with Gasteiger partial charge in [-0.15, -0.1) is 0 Å². The number of amides is 1. The minimum absolute atomic E-state index is 0.0646. The maximum atomic E-state index is 12.3. The van der Waals surface area contributed by atoms with Gasteiger partial charge in [0, 0.05) is 18.7 Å². The summed E-state index contributed by atoms with van der Waals surface area (Å²) in [4.78, 5) is 17.9. The molecule has 3 rings (SSSR count). The highest BCUT2D eigenvalue weighted by Gasteiger charge is 2.53. The molecule has 2 N–H and O–H groups in total. The van der Waals surface area contributed by atoms with E-state index in [1.165, 1.54) is 12.3 Å². The van der Waals surface area contributed by atoms with Gasteiger partial charge in [-0.3, -0.25) is 4.79 Å². The Bertz CT molecular complexity index is 515. The van der Waals surface area contributed by atoms with E-state index in [1.54, 1.807) is 11.0 Å². The molecule has 1 amide bonds. The largest absolute Gasteiger partial charge is 0.505 e. The van der Waals surface area contributed by atoms with E-state index in [2.05, 4.69) is 4.98 Å². The van der Waals surface area contributed by atoms with Gasteiger partial charge in [0.2, 0.25) is 0 Å². The summed E-state index contributed by atoms with van der Waals surface area (Å²) in [6, 6.07) is 3.03. The van der Waals surface area contributed by atoms with Crippen molar-refractivity contribution in [2.24, 2.45) is 11.8 Å². The number of carbonyl (C=O) groups is 1. The summed E-state index contributed by atoms with van der Waals surface area (Å²) in [6.07, 6.45) is 3.56. The van der Waals surface area contributed by atoms with Crippen molar-refractivity contribution < 1.29 is 15.0 Å². The molecule has 102 valence electrons. The van der Waals surface area contributed by atoms with Gasteiger partial charge in [-0.05, 0) is 30.9 Å². The molecule has 5 nitrogen and oxygen atoms in total. The highest BCUT2D eigenvalue weighted by molar-refractivity contribution is 5.95. The minimum Gasteiger partial charge on any atom is -0.505 e. The first-order valence-corrected chi connectivity index (χ1v) is 6.68. The molecule has 1 saturated heterocycles. The number of pyridine rings is 1. The van der Waals surface area contributed by atoms with Gasteiger partial charge < -0.3 is 15.1 Å². The van der Waals surface area contributed by atoms with Gasteiger partial charge in [0.25, 0.3) is 5.91 Å². The second kappa shape index (κ2) is 4.20. The van der Waals surface area contributed by atoms with E-state index in [9.17, 15) is 15.0 Å². The summed E-state index contributed by atoms with van der Waals surface area (Å²) in [5.41, 5.74) is -0.699. The van der Waals surface area contributed by atoms with Crippen molar-refractivity contribution in [3.05, 3.63) is 24.0 Å². The summed E-state index contributed by atoms with van der Waals surface area (Å²) in [5.74, 6) is -0.0315. The van der Waals surface area contributed by atoms with Crippen LogP contribution < -0.4 is 0 Å². The predicted octanol–water partition coefficient (Wildman–Crippen LogP) is 1.02. The number of aromatic nitrogens is 1. The summed E-state index contributed by atoms with van der Waals surface area (Å²) in [7, 11) is 0. The van der Waals surface area contributed by atoms with E-state index in [4.69, 9.17) is 0 Å². The van der Waals surface area contributed by atoms with Crippen LogP contribution in [0.15, 0.2) is 18.3 Å². The molecule has 2 atom stereocenters. The number of hydrogen-bond acceptors (Lipinski definition) is 4. The Morgan fingerprint density at radius 3 is 2.89 bits per heavy atom. The lowest BCUT2D eigenvalue weighted by Crippen LogP contribution is -2.40. The smallest absolute Gasteiger partial charge is 0.276 e. The summed E-state index contributed by atoms with van der Waals surface area (Å²) in [6.45, 7) is 2.83.